The second-order valence-corrected chi connectivity index (χ2v) is 6.73. The number of rotatable bonds is 10. The summed E-state index contributed by atoms with van der Waals surface area (Å²) in [5.41, 5.74) is 2.39. The number of methoxy groups -OCH3 is 2. The third-order valence-corrected chi connectivity index (χ3v) is 4.19. The van der Waals surface area contributed by atoms with E-state index in [1.54, 1.807) is 26.5 Å². The number of ether oxygens (including phenoxy) is 2. The van der Waals surface area contributed by atoms with Gasteiger partial charge in [0.1, 0.15) is 5.69 Å². The van der Waals surface area contributed by atoms with Gasteiger partial charge in [-0.2, -0.15) is 0 Å². The molecular weight excluding hydrogens is 342 g/mol. The van der Waals surface area contributed by atoms with Crippen LogP contribution in [0.2, 0.25) is 0 Å². The molecule has 6 nitrogen and oxygen atoms in total. The van der Waals surface area contributed by atoms with Crippen LogP contribution in [0, 0.1) is 5.92 Å². The predicted molar refractivity (Wildman–Crippen MR) is 108 cm³/mol. The Morgan fingerprint density at radius 2 is 1.85 bits per heavy atom. The number of aromatic nitrogens is 1. The molecule has 0 fully saturated rings. The highest BCUT2D eigenvalue weighted by Gasteiger charge is 2.09. The van der Waals surface area contributed by atoms with Crippen LogP contribution < -0.4 is 20.1 Å². The van der Waals surface area contributed by atoms with E-state index in [1.807, 2.05) is 24.3 Å². The van der Waals surface area contributed by atoms with Gasteiger partial charge in [-0.05, 0) is 48.6 Å². The van der Waals surface area contributed by atoms with E-state index in [1.165, 1.54) is 0 Å². The van der Waals surface area contributed by atoms with Crippen LogP contribution in [0.3, 0.4) is 0 Å². The quantitative estimate of drug-likeness (QED) is 0.668. The van der Waals surface area contributed by atoms with Crippen molar-refractivity contribution in [2.24, 2.45) is 5.92 Å². The van der Waals surface area contributed by atoms with Crippen molar-refractivity contribution in [3.8, 4) is 11.5 Å². The SMILES string of the molecule is COc1ccc(CCNC(=O)c2cc(NCCC(C)C)ccn2)cc1OC. The van der Waals surface area contributed by atoms with E-state index in [-0.39, 0.29) is 5.91 Å². The molecule has 1 aromatic heterocycles. The Kier molecular flexibility index (Phi) is 7.92. The third-order valence-electron chi connectivity index (χ3n) is 4.19. The lowest BCUT2D eigenvalue weighted by molar-refractivity contribution is 0.0949. The standard InChI is InChI=1S/C21H29N3O3/c1-15(2)7-10-22-17-9-12-23-18(14-17)21(25)24-11-8-16-5-6-19(26-3)20(13-16)27-4/h5-6,9,12-15H,7-8,10-11H2,1-4H3,(H,22,23)(H,24,25). The molecule has 0 aliphatic rings. The number of carbonyl (C=O) groups excluding carboxylic acids is 1. The van der Waals surface area contributed by atoms with Gasteiger partial charge in [-0.1, -0.05) is 19.9 Å². The van der Waals surface area contributed by atoms with Gasteiger partial charge in [-0.25, -0.2) is 0 Å². The van der Waals surface area contributed by atoms with Crippen molar-refractivity contribution in [1.82, 2.24) is 10.3 Å². The topological polar surface area (TPSA) is 72.5 Å². The molecule has 1 aromatic carbocycles. The van der Waals surface area contributed by atoms with E-state index >= 15 is 0 Å². The molecule has 0 radical (unpaired) electrons. The molecule has 1 heterocycles. The van der Waals surface area contributed by atoms with E-state index in [0.29, 0.717) is 36.1 Å². The number of nitrogens with zero attached hydrogens (tertiary/aromatic N) is 1. The minimum atomic E-state index is -0.178. The molecule has 0 atom stereocenters. The minimum Gasteiger partial charge on any atom is -0.493 e. The molecule has 2 rings (SSSR count). The van der Waals surface area contributed by atoms with Crippen LogP contribution in [-0.4, -0.2) is 38.2 Å². The average Bonchev–Trinajstić information content (AvgIpc) is 2.67. The number of nitrogens with one attached hydrogen (secondary N) is 2. The maximum atomic E-state index is 12.3. The van der Waals surface area contributed by atoms with Gasteiger partial charge in [0.25, 0.3) is 5.91 Å². The number of pyridine rings is 1. The molecule has 0 saturated carbocycles. The Morgan fingerprint density at radius 1 is 1.07 bits per heavy atom. The Hall–Kier alpha value is -2.76. The molecular formula is C21H29N3O3. The van der Waals surface area contributed by atoms with Gasteiger partial charge in [0, 0.05) is 25.0 Å². The zero-order chi connectivity index (χ0) is 19.6. The Balaban J connectivity index is 1.87. The molecule has 1 amide bonds. The summed E-state index contributed by atoms with van der Waals surface area (Å²) in [4.78, 5) is 16.5. The summed E-state index contributed by atoms with van der Waals surface area (Å²) in [5.74, 6) is 1.83. The van der Waals surface area contributed by atoms with Crippen LogP contribution >= 0.6 is 0 Å². The van der Waals surface area contributed by atoms with Crippen molar-refractivity contribution in [3.63, 3.8) is 0 Å². The first-order valence-corrected chi connectivity index (χ1v) is 9.22. The van der Waals surface area contributed by atoms with E-state index in [9.17, 15) is 4.79 Å². The molecule has 0 unspecified atom stereocenters. The van der Waals surface area contributed by atoms with Gasteiger partial charge in [0.15, 0.2) is 11.5 Å². The Bertz CT molecular complexity index is 747. The highest BCUT2D eigenvalue weighted by molar-refractivity contribution is 5.93. The maximum Gasteiger partial charge on any atom is 0.269 e. The molecule has 0 spiro atoms. The second kappa shape index (κ2) is 10.4. The van der Waals surface area contributed by atoms with Crippen LogP contribution in [0.15, 0.2) is 36.5 Å². The fourth-order valence-electron chi connectivity index (χ4n) is 2.62. The number of amides is 1. The van der Waals surface area contributed by atoms with Crippen molar-refractivity contribution in [2.75, 3.05) is 32.6 Å². The summed E-state index contributed by atoms with van der Waals surface area (Å²) in [7, 11) is 3.22. The lowest BCUT2D eigenvalue weighted by Gasteiger charge is -2.11. The van der Waals surface area contributed by atoms with Gasteiger partial charge < -0.3 is 20.1 Å². The highest BCUT2D eigenvalue weighted by Crippen LogP contribution is 2.27. The molecule has 6 heteroatoms. The zero-order valence-corrected chi connectivity index (χ0v) is 16.5. The number of benzene rings is 1. The average molecular weight is 371 g/mol. The lowest BCUT2D eigenvalue weighted by atomic mass is 10.1. The van der Waals surface area contributed by atoms with Gasteiger partial charge in [-0.3, -0.25) is 9.78 Å². The smallest absolute Gasteiger partial charge is 0.269 e. The molecule has 2 N–H and O–H groups in total. The second-order valence-electron chi connectivity index (χ2n) is 6.73. The summed E-state index contributed by atoms with van der Waals surface area (Å²) in [6, 6.07) is 9.41. The zero-order valence-electron chi connectivity index (χ0n) is 16.5. The summed E-state index contributed by atoms with van der Waals surface area (Å²) >= 11 is 0. The van der Waals surface area contributed by atoms with Crippen molar-refractivity contribution in [2.45, 2.75) is 26.7 Å². The lowest BCUT2D eigenvalue weighted by Crippen LogP contribution is -2.26. The van der Waals surface area contributed by atoms with Crippen molar-refractivity contribution in [1.29, 1.82) is 0 Å². The van der Waals surface area contributed by atoms with Crippen LogP contribution in [0.5, 0.6) is 11.5 Å². The molecule has 0 aliphatic carbocycles. The molecule has 0 aliphatic heterocycles. The number of hydrogen-bond acceptors (Lipinski definition) is 5. The number of hydrogen-bond donors (Lipinski definition) is 2. The molecule has 27 heavy (non-hydrogen) atoms. The number of carbonyl (C=O) groups is 1. The first-order valence-electron chi connectivity index (χ1n) is 9.22. The van der Waals surface area contributed by atoms with Crippen molar-refractivity contribution in [3.05, 3.63) is 47.8 Å². The van der Waals surface area contributed by atoms with Crippen molar-refractivity contribution >= 4 is 11.6 Å². The molecule has 146 valence electrons. The summed E-state index contributed by atoms with van der Waals surface area (Å²) in [5, 5.41) is 6.24. The van der Waals surface area contributed by atoms with Gasteiger partial charge in [0.05, 0.1) is 14.2 Å². The van der Waals surface area contributed by atoms with Crippen LogP contribution in [0.4, 0.5) is 5.69 Å². The molecule has 0 bridgehead atoms. The highest BCUT2D eigenvalue weighted by atomic mass is 16.5. The Morgan fingerprint density at radius 3 is 2.56 bits per heavy atom. The largest absolute Gasteiger partial charge is 0.493 e. The maximum absolute atomic E-state index is 12.3. The van der Waals surface area contributed by atoms with E-state index in [2.05, 4.69) is 29.5 Å². The van der Waals surface area contributed by atoms with E-state index in [4.69, 9.17) is 9.47 Å². The fraction of sp³-hybridized carbons (Fsp3) is 0.429. The summed E-state index contributed by atoms with van der Waals surface area (Å²) in [6.45, 7) is 5.76. The van der Waals surface area contributed by atoms with Crippen molar-refractivity contribution < 1.29 is 14.3 Å². The first-order chi connectivity index (χ1) is 13.0. The summed E-state index contributed by atoms with van der Waals surface area (Å²) in [6.07, 6.45) is 3.43. The van der Waals surface area contributed by atoms with Gasteiger partial charge in [0.2, 0.25) is 0 Å². The summed E-state index contributed by atoms with van der Waals surface area (Å²) < 4.78 is 10.5. The van der Waals surface area contributed by atoms with Crippen LogP contribution in [0.25, 0.3) is 0 Å². The van der Waals surface area contributed by atoms with Crippen LogP contribution in [0.1, 0.15) is 36.3 Å². The van der Waals surface area contributed by atoms with E-state index < -0.39 is 0 Å². The minimum absolute atomic E-state index is 0.178. The monoisotopic (exact) mass is 371 g/mol. The Labute approximate surface area is 161 Å². The van der Waals surface area contributed by atoms with Gasteiger partial charge >= 0.3 is 0 Å². The fourth-order valence-corrected chi connectivity index (χ4v) is 2.62. The molecule has 2 aromatic rings. The first kappa shape index (κ1) is 20.6. The van der Waals surface area contributed by atoms with Crippen LogP contribution in [-0.2, 0) is 6.42 Å². The van der Waals surface area contributed by atoms with E-state index in [0.717, 1.165) is 24.2 Å². The predicted octanol–water partition coefficient (Wildman–Crippen LogP) is 3.53. The number of anilines is 1. The third kappa shape index (κ3) is 6.47. The normalized spacial score (nSPS) is 10.6. The molecule has 0 saturated heterocycles. The van der Waals surface area contributed by atoms with Gasteiger partial charge in [-0.15, -0.1) is 0 Å².